The van der Waals surface area contributed by atoms with E-state index < -0.39 is 6.11 Å². The molecule has 0 atom stereocenters. The second-order valence-electron chi connectivity index (χ2n) is 1.97. The molecule has 12 heavy (non-hydrogen) atoms. The number of halogens is 2. The Morgan fingerprint density at radius 3 is 2.50 bits per heavy atom. The predicted octanol–water partition coefficient (Wildman–Crippen LogP) is 1.98. The fourth-order valence-electron chi connectivity index (χ4n) is 0.610. The average molecular weight is 168 g/mol. The standard InChI is InChI=1S/C8H4F2NO/c9-8(10,6-11)12-7-4-2-1-3-5-7/h2-5H. The summed E-state index contributed by atoms with van der Waals surface area (Å²) in [4.78, 5) is 0. The van der Waals surface area contributed by atoms with Crippen LogP contribution in [0.3, 0.4) is 0 Å². The topological polar surface area (TPSA) is 33.0 Å². The van der Waals surface area contributed by atoms with Crippen molar-refractivity contribution in [1.29, 1.82) is 5.26 Å². The molecule has 0 spiro atoms. The van der Waals surface area contributed by atoms with Crippen LogP contribution in [-0.4, -0.2) is 6.11 Å². The molecule has 0 unspecified atom stereocenters. The second kappa shape index (κ2) is 3.18. The van der Waals surface area contributed by atoms with Crippen LogP contribution < -0.4 is 4.74 Å². The van der Waals surface area contributed by atoms with E-state index in [9.17, 15) is 8.78 Å². The molecule has 0 aliphatic heterocycles. The molecule has 0 N–H and O–H groups in total. The number of hydrogen-bond donors (Lipinski definition) is 0. The molecular formula is C8H4F2NO. The SMILES string of the molecule is N#CC(F)(F)Oc1cc[c]cc1. The summed E-state index contributed by atoms with van der Waals surface area (Å²) < 4.78 is 28.5. The average Bonchev–Trinajstić information content (AvgIpc) is 2.06. The van der Waals surface area contributed by atoms with Crippen LogP contribution in [0.4, 0.5) is 8.78 Å². The molecular weight excluding hydrogens is 164 g/mol. The van der Waals surface area contributed by atoms with Gasteiger partial charge in [0, 0.05) is 0 Å². The van der Waals surface area contributed by atoms with Gasteiger partial charge in [-0.2, -0.15) is 5.26 Å². The van der Waals surface area contributed by atoms with Crippen LogP contribution in [0.15, 0.2) is 24.3 Å². The van der Waals surface area contributed by atoms with Gasteiger partial charge in [0.25, 0.3) is 0 Å². The zero-order valence-electron chi connectivity index (χ0n) is 5.92. The zero-order chi connectivity index (χ0) is 9.03. The molecule has 1 rings (SSSR count). The third kappa shape index (κ3) is 2.20. The van der Waals surface area contributed by atoms with E-state index in [0.717, 1.165) is 6.07 Å². The van der Waals surface area contributed by atoms with E-state index in [1.807, 2.05) is 0 Å². The molecule has 0 aliphatic carbocycles. The molecule has 0 aliphatic rings. The maximum atomic E-state index is 12.2. The van der Waals surface area contributed by atoms with Crippen LogP contribution in [0.5, 0.6) is 5.75 Å². The van der Waals surface area contributed by atoms with Gasteiger partial charge in [0.05, 0.1) is 0 Å². The first-order valence-electron chi connectivity index (χ1n) is 3.08. The molecule has 1 aromatic carbocycles. The van der Waals surface area contributed by atoms with E-state index in [4.69, 9.17) is 5.26 Å². The summed E-state index contributed by atoms with van der Waals surface area (Å²) >= 11 is 0. The van der Waals surface area contributed by atoms with Crippen molar-refractivity contribution in [2.45, 2.75) is 6.11 Å². The first-order chi connectivity index (χ1) is 5.64. The molecule has 0 amide bonds. The van der Waals surface area contributed by atoms with Crippen molar-refractivity contribution < 1.29 is 13.5 Å². The molecule has 4 heteroatoms. The van der Waals surface area contributed by atoms with E-state index in [-0.39, 0.29) is 5.75 Å². The summed E-state index contributed by atoms with van der Waals surface area (Å²) in [5, 5.41) is 7.92. The molecule has 2 nitrogen and oxygen atoms in total. The third-order valence-corrected chi connectivity index (χ3v) is 1.06. The van der Waals surface area contributed by atoms with Crippen molar-refractivity contribution in [3.8, 4) is 11.8 Å². The first-order valence-corrected chi connectivity index (χ1v) is 3.08. The van der Waals surface area contributed by atoms with Crippen molar-refractivity contribution in [3.63, 3.8) is 0 Å². The maximum Gasteiger partial charge on any atom is 0.494 e. The number of hydrogen-bond acceptors (Lipinski definition) is 2. The molecule has 0 saturated carbocycles. The first kappa shape index (κ1) is 8.47. The van der Waals surface area contributed by atoms with Gasteiger partial charge in [-0.05, 0) is 18.2 Å². The van der Waals surface area contributed by atoms with Crippen molar-refractivity contribution in [2.75, 3.05) is 0 Å². The highest BCUT2D eigenvalue weighted by Crippen LogP contribution is 2.19. The second-order valence-corrected chi connectivity index (χ2v) is 1.97. The van der Waals surface area contributed by atoms with Gasteiger partial charge in [0.2, 0.25) is 0 Å². The summed E-state index contributed by atoms with van der Waals surface area (Å²) in [7, 11) is 0. The Kier molecular flexibility index (Phi) is 2.24. The van der Waals surface area contributed by atoms with Crippen LogP contribution in [0.2, 0.25) is 0 Å². The summed E-state index contributed by atoms with van der Waals surface area (Å²) in [5.74, 6) is -0.0553. The van der Waals surface area contributed by atoms with Gasteiger partial charge in [-0.1, -0.05) is 12.1 Å². The normalized spacial score (nSPS) is 10.4. The van der Waals surface area contributed by atoms with Gasteiger partial charge in [-0.15, -0.1) is 8.78 Å². The van der Waals surface area contributed by atoms with Crippen LogP contribution in [-0.2, 0) is 0 Å². The zero-order valence-corrected chi connectivity index (χ0v) is 5.92. The molecule has 0 fully saturated rings. The molecule has 0 bridgehead atoms. The van der Waals surface area contributed by atoms with Crippen molar-refractivity contribution in [3.05, 3.63) is 30.3 Å². The number of nitrogens with zero attached hydrogens (tertiary/aromatic N) is 1. The number of alkyl halides is 2. The number of nitriles is 1. The van der Waals surface area contributed by atoms with Gasteiger partial charge >= 0.3 is 6.11 Å². The third-order valence-electron chi connectivity index (χ3n) is 1.06. The Balaban J connectivity index is 2.72. The van der Waals surface area contributed by atoms with Gasteiger partial charge in [-0.3, -0.25) is 0 Å². The fourth-order valence-corrected chi connectivity index (χ4v) is 0.610. The molecule has 1 radical (unpaired) electrons. The molecule has 0 heterocycles. The maximum absolute atomic E-state index is 12.2. The lowest BCUT2D eigenvalue weighted by molar-refractivity contribution is -0.124. The van der Waals surface area contributed by atoms with Gasteiger partial charge in [0.15, 0.2) is 6.07 Å². The van der Waals surface area contributed by atoms with Gasteiger partial charge in [-0.25, -0.2) is 0 Å². The Hall–Kier alpha value is -1.63. The summed E-state index contributed by atoms with van der Waals surface area (Å²) in [6, 6.07) is 8.79. The monoisotopic (exact) mass is 168 g/mol. The Labute approximate surface area is 68.0 Å². The minimum Gasteiger partial charge on any atom is -0.421 e. The van der Waals surface area contributed by atoms with Gasteiger partial charge < -0.3 is 4.74 Å². The minimum absolute atomic E-state index is 0.0553. The number of benzene rings is 1. The quantitative estimate of drug-likeness (QED) is 0.676. The Morgan fingerprint density at radius 1 is 1.42 bits per heavy atom. The molecule has 61 valence electrons. The summed E-state index contributed by atoms with van der Waals surface area (Å²) in [6.07, 6.45) is -3.76. The lowest BCUT2D eigenvalue weighted by Crippen LogP contribution is -2.21. The predicted molar refractivity (Wildman–Crippen MR) is 36.5 cm³/mol. The number of ether oxygens (including phenoxy) is 1. The molecule has 1 aromatic rings. The van der Waals surface area contributed by atoms with Crippen LogP contribution in [0.25, 0.3) is 0 Å². The van der Waals surface area contributed by atoms with E-state index in [2.05, 4.69) is 10.8 Å². The van der Waals surface area contributed by atoms with Crippen molar-refractivity contribution in [2.24, 2.45) is 0 Å². The van der Waals surface area contributed by atoms with E-state index >= 15 is 0 Å². The van der Waals surface area contributed by atoms with Crippen molar-refractivity contribution in [1.82, 2.24) is 0 Å². The molecule has 0 aromatic heterocycles. The fraction of sp³-hybridized carbons (Fsp3) is 0.125. The van der Waals surface area contributed by atoms with Crippen LogP contribution in [0.1, 0.15) is 0 Å². The highest BCUT2D eigenvalue weighted by Gasteiger charge is 2.31. The lowest BCUT2D eigenvalue weighted by Gasteiger charge is -2.08. The minimum atomic E-state index is -3.76. The van der Waals surface area contributed by atoms with Crippen LogP contribution >= 0.6 is 0 Å². The Morgan fingerprint density at radius 2 is 2.00 bits per heavy atom. The summed E-state index contributed by atoms with van der Waals surface area (Å²) in [6.45, 7) is 0. The smallest absolute Gasteiger partial charge is 0.421 e. The lowest BCUT2D eigenvalue weighted by atomic mass is 10.3. The Bertz CT molecular complexity index is 292. The molecule has 0 saturated heterocycles. The van der Waals surface area contributed by atoms with Crippen molar-refractivity contribution >= 4 is 0 Å². The highest BCUT2D eigenvalue weighted by atomic mass is 19.3. The van der Waals surface area contributed by atoms with Gasteiger partial charge in [0.1, 0.15) is 5.75 Å². The van der Waals surface area contributed by atoms with E-state index in [1.165, 1.54) is 24.3 Å². The largest absolute Gasteiger partial charge is 0.494 e. The van der Waals surface area contributed by atoms with E-state index in [1.54, 1.807) is 0 Å². The van der Waals surface area contributed by atoms with E-state index in [0.29, 0.717) is 0 Å². The number of rotatable bonds is 2. The van der Waals surface area contributed by atoms with Crippen LogP contribution in [0, 0.1) is 17.4 Å². The highest BCUT2D eigenvalue weighted by molar-refractivity contribution is 5.21. The summed E-state index contributed by atoms with van der Waals surface area (Å²) in [5.41, 5.74) is 0.